The summed E-state index contributed by atoms with van der Waals surface area (Å²) in [4.78, 5) is 13.3. The minimum atomic E-state index is -3.34. The Balaban J connectivity index is 1.42. The predicted octanol–water partition coefficient (Wildman–Crippen LogP) is 2.90. The van der Waals surface area contributed by atoms with Gasteiger partial charge in [0.05, 0.1) is 23.6 Å². The molecule has 1 aliphatic heterocycles. The first-order valence-electron chi connectivity index (χ1n) is 10.5. The Morgan fingerprint density at radius 3 is 2.77 bits per heavy atom. The molecule has 2 aromatic rings. The van der Waals surface area contributed by atoms with E-state index in [1.165, 1.54) is 4.31 Å². The summed E-state index contributed by atoms with van der Waals surface area (Å²) >= 11 is 0. The molecular weight excluding hydrogens is 402 g/mol. The Kier molecular flexibility index (Phi) is 5.51. The summed E-state index contributed by atoms with van der Waals surface area (Å²) < 4.78 is 27.0. The van der Waals surface area contributed by atoms with Gasteiger partial charge in [-0.3, -0.25) is 4.98 Å². The topological polar surface area (TPSA) is 93.9 Å². The van der Waals surface area contributed by atoms with E-state index in [-0.39, 0.29) is 24.3 Å². The van der Waals surface area contributed by atoms with Crippen LogP contribution in [0.5, 0.6) is 0 Å². The minimum absolute atomic E-state index is 0.134. The number of aromatic nitrogens is 2. The van der Waals surface area contributed by atoms with Gasteiger partial charge in [0.25, 0.3) is 0 Å². The van der Waals surface area contributed by atoms with Crippen molar-refractivity contribution in [1.29, 1.82) is 0 Å². The van der Waals surface area contributed by atoms with E-state index in [2.05, 4.69) is 19.7 Å². The maximum atomic E-state index is 12.8. The van der Waals surface area contributed by atoms with Crippen molar-refractivity contribution >= 4 is 32.4 Å². The second-order valence-electron chi connectivity index (χ2n) is 8.99. The number of rotatable bonds is 5. The van der Waals surface area contributed by atoms with Crippen LogP contribution >= 0.6 is 0 Å². The van der Waals surface area contributed by atoms with Crippen LogP contribution in [0.3, 0.4) is 0 Å². The Hall–Kier alpha value is -2.15. The van der Waals surface area contributed by atoms with Gasteiger partial charge in [-0.2, -0.15) is 4.31 Å². The molecule has 2 aliphatic rings. The van der Waals surface area contributed by atoms with Crippen LogP contribution in [0, 0.1) is 12.5 Å². The highest BCUT2D eigenvalue weighted by molar-refractivity contribution is 7.89. The summed E-state index contributed by atoms with van der Waals surface area (Å²) in [5, 5.41) is 11.0. The predicted molar refractivity (Wildman–Crippen MR) is 117 cm³/mol. The van der Waals surface area contributed by atoms with Gasteiger partial charge in [-0.25, -0.2) is 13.3 Å². The molecule has 1 aliphatic carbocycles. The molecule has 0 aromatic carbocycles. The van der Waals surface area contributed by atoms with Crippen LogP contribution in [0.2, 0.25) is 0 Å². The highest BCUT2D eigenvalue weighted by Gasteiger charge is 2.39. The van der Waals surface area contributed by atoms with Crippen molar-refractivity contribution in [2.24, 2.45) is 5.92 Å². The third-order valence-corrected chi connectivity index (χ3v) is 8.62. The lowest BCUT2D eigenvalue weighted by molar-refractivity contribution is 0.0762. The number of aliphatic hydroxyl groups is 1. The zero-order valence-corrected chi connectivity index (χ0v) is 18.3. The number of anilines is 1. The van der Waals surface area contributed by atoms with Gasteiger partial charge in [0, 0.05) is 44.0 Å². The molecular formula is C21H29N5O3S. The van der Waals surface area contributed by atoms with E-state index in [1.807, 2.05) is 19.3 Å². The van der Waals surface area contributed by atoms with Gasteiger partial charge in [0.1, 0.15) is 5.65 Å². The summed E-state index contributed by atoms with van der Waals surface area (Å²) in [5.74, 6) is 0.291. The van der Waals surface area contributed by atoms with Crippen molar-refractivity contribution in [2.45, 2.75) is 50.7 Å². The number of fused-ring (bicyclic) bond motifs is 1. The fourth-order valence-corrected chi connectivity index (χ4v) is 6.85. The molecule has 0 amide bonds. The molecule has 4 rings (SSSR count). The lowest BCUT2D eigenvalue weighted by Crippen LogP contribution is -2.40. The van der Waals surface area contributed by atoms with Crippen molar-refractivity contribution in [3.05, 3.63) is 29.9 Å². The third kappa shape index (κ3) is 4.04. The van der Waals surface area contributed by atoms with Gasteiger partial charge in [-0.15, -0.1) is 0 Å². The third-order valence-electron chi connectivity index (χ3n) is 6.63. The second-order valence-corrected chi connectivity index (χ2v) is 11.0. The van der Waals surface area contributed by atoms with Gasteiger partial charge in [0.2, 0.25) is 15.7 Å². The average Bonchev–Trinajstić information content (AvgIpc) is 3.33. The van der Waals surface area contributed by atoms with Gasteiger partial charge in [-0.1, -0.05) is 0 Å². The van der Waals surface area contributed by atoms with E-state index in [1.54, 1.807) is 13.1 Å². The van der Waals surface area contributed by atoms with E-state index in [4.69, 9.17) is 6.57 Å². The number of β-amino-alcohol motifs (C(OH)–C–C–N with tert-alkyl or cyclic N) is 1. The molecule has 0 bridgehead atoms. The van der Waals surface area contributed by atoms with Crippen LogP contribution in [-0.4, -0.2) is 65.3 Å². The molecule has 1 saturated heterocycles. The molecule has 1 atom stereocenters. The number of sulfonamides is 1. The molecule has 2 aromatic heterocycles. The highest BCUT2D eigenvalue weighted by Crippen LogP contribution is 2.39. The summed E-state index contributed by atoms with van der Waals surface area (Å²) in [6, 6.07) is 2.21. The lowest BCUT2D eigenvalue weighted by atomic mass is 9.86. The maximum Gasteiger partial charge on any atom is 0.228 e. The monoisotopic (exact) mass is 431 g/mol. The summed E-state index contributed by atoms with van der Waals surface area (Å²) in [6.07, 6.45) is 7.40. The zero-order valence-electron chi connectivity index (χ0n) is 17.5. The number of nitrogens with zero attached hydrogens (tertiary/aromatic N) is 4. The second kappa shape index (κ2) is 7.84. The maximum absolute atomic E-state index is 12.8. The van der Waals surface area contributed by atoms with Crippen LogP contribution in [0.25, 0.3) is 15.9 Å². The number of nitrogens with one attached hydrogen (secondary N) is 1. The molecule has 162 valence electrons. The van der Waals surface area contributed by atoms with E-state index in [0.717, 1.165) is 42.4 Å². The fourth-order valence-electron chi connectivity index (χ4n) is 4.86. The first-order chi connectivity index (χ1) is 14.2. The first-order valence-corrected chi connectivity index (χ1v) is 12.1. The van der Waals surface area contributed by atoms with E-state index >= 15 is 0 Å². The summed E-state index contributed by atoms with van der Waals surface area (Å²) in [6.45, 7) is 9.82. The van der Waals surface area contributed by atoms with E-state index < -0.39 is 15.6 Å². The van der Waals surface area contributed by atoms with Crippen LogP contribution in [-0.2, 0) is 10.0 Å². The molecule has 2 N–H and O–H groups in total. The zero-order chi connectivity index (χ0) is 21.5. The number of hydrogen-bond acceptors (Lipinski definition) is 5. The fraction of sp³-hybridized carbons (Fsp3) is 0.619. The molecule has 0 radical (unpaired) electrons. The summed E-state index contributed by atoms with van der Waals surface area (Å²) in [5.41, 5.74) is 1.29. The number of aromatic amines is 1. The molecule has 0 spiro atoms. The molecule has 8 nitrogen and oxygen atoms in total. The van der Waals surface area contributed by atoms with Crippen molar-refractivity contribution in [1.82, 2.24) is 14.3 Å². The van der Waals surface area contributed by atoms with E-state index in [0.29, 0.717) is 18.7 Å². The Morgan fingerprint density at radius 1 is 1.40 bits per heavy atom. The largest absolute Gasteiger partial charge is 0.389 e. The van der Waals surface area contributed by atoms with Crippen LogP contribution in [0.1, 0.15) is 39.0 Å². The molecule has 9 heteroatoms. The SMILES string of the molecule is [C-]#[N+]c1cnc2[nH]ccc2c1N(C)C1CCC(CS(=O)(=O)N2CCC(C)(O)C2)CC1. The van der Waals surface area contributed by atoms with Gasteiger partial charge in [0.15, 0.2) is 0 Å². The highest BCUT2D eigenvalue weighted by atomic mass is 32.2. The molecule has 1 saturated carbocycles. The normalized spacial score (nSPS) is 27.9. The quantitative estimate of drug-likeness (QED) is 0.710. The standard InChI is InChI=1S/C21H29N5O3S/c1-21(27)9-11-26(14-21)30(28,29)13-15-4-6-16(7-5-15)25(3)19-17-8-10-23-20(17)24-12-18(19)22-2/h8,10,12,15-16,27H,4-7,9,11,13-14H2,1,3H3,(H,23,24). The summed E-state index contributed by atoms with van der Waals surface area (Å²) in [7, 11) is -1.33. The van der Waals surface area contributed by atoms with Crippen LogP contribution < -0.4 is 4.90 Å². The number of H-pyrrole nitrogens is 1. The molecule has 30 heavy (non-hydrogen) atoms. The number of hydrogen-bond donors (Lipinski definition) is 2. The van der Waals surface area contributed by atoms with Crippen LogP contribution in [0.4, 0.5) is 11.4 Å². The Morgan fingerprint density at radius 2 is 2.13 bits per heavy atom. The van der Waals surface area contributed by atoms with Crippen molar-refractivity contribution < 1.29 is 13.5 Å². The Labute approximate surface area is 177 Å². The van der Waals surface area contributed by atoms with Crippen molar-refractivity contribution in [2.75, 3.05) is 30.8 Å². The van der Waals surface area contributed by atoms with Crippen molar-refractivity contribution in [3.63, 3.8) is 0 Å². The molecule has 3 heterocycles. The first kappa shape index (κ1) is 21.1. The lowest BCUT2D eigenvalue weighted by Gasteiger charge is -2.37. The molecule has 1 unspecified atom stereocenters. The van der Waals surface area contributed by atoms with Gasteiger partial charge < -0.3 is 15.0 Å². The number of pyridine rings is 1. The average molecular weight is 432 g/mol. The smallest absolute Gasteiger partial charge is 0.228 e. The molecule has 2 fully saturated rings. The van der Waals surface area contributed by atoms with Gasteiger partial charge >= 0.3 is 0 Å². The minimum Gasteiger partial charge on any atom is -0.389 e. The Bertz CT molecular complexity index is 1060. The van der Waals surface area contributed by atoms with Crippen molar-refractivity contribution in [3.8, 4) is 0 Å². The van der Waals surface area contributed by atoms with E-state index in [9.17, 15) is 13.5 Å². The van der Waals surface area contributed by atoms with Gasteiger partial charge in [-0.05, 0) is 51.0 Å². The van der Waals surface area contributed by atoms with Crippen LogP contribution in [0.15, 0.2) is 18.5 Å².